The predicted octanol–water partition coefficient (Wildman–Crippen LogP) is 3.51. The molecule has 3 aromatic rings. The van der Waals surface area contributed by atoms with Crippen LogP contribution in [0.4, 0.5) is 0 Å². The molecule has 1 aromatic heterocycles. The number of phenolic OH excluding ortho intramolecular Hbond substituents is 1. The Bertz CT molecular complexity index is 942. The fourth-order valence-corrected chi connectivity index (χ4v) is 2.40. The van der Waals surface area contributed by atoms with E-state index in [0.717, 1.165) is 11.1 Å². The third kappa shape index (κ3) is 3.07. The van der Waals surface area contributed by atoms with Gasteiger partial charge in [-0.2, -0.15) is 14.9 Å². The topological polar surface area (TPSA) is 75.4 Å². The molecule has 7 heteroatoms. The fraction of sp³-hybridized carbons (Fsp3) is 0.118. The van der Waals surface area contributed by atoms with Crippen molar-refractivity contribution in [3.63, 3.8) is 0 Å². The Hall–Kier alpha value is -2.93. The van der Waals surface area contributed by atoms with Gasteiger partial charge in [-0.25, -0.2) is 5.10 Å². The Morgan fingerprint density at radius 3 is 2.71 bits per heavy atom. The van der Waals surface area contributed by atoms with Gasteiger partial charge >= 0.3 is 0 Å². The van der Waals surface area contributed by atoms with Gasteiger partial charge in [0.05, 0.1) is 13.3 Å². The molecule has 0 aliphatic carbocycles. The minimum Gasteiger partial charge on any atom is -0.504 e. The fourth-order valence-electron chi connectivity index (χ4n) is 2.22. The number of rotatable bonds is 4. The normalized spacial score (nSPS) is 11.1. The highest BCUT2D eigenvalue weighted by atomic mass is 32.1. The van der Waals surface area contributed by atoms with Crippen LogP contribution in [0.1, 0.15) is 11.1 Å². The monoisotopic (exact) mass is 340 g/mol. The zero-order valence-electron chi connectivity index (χ0n) is 13.2. The van der Waals surface area contributed by atoms with Crippen molar-refractivity contribution in [1.82, 2.24) is 14.9 Å². The van der Waals surface area contributed by atoms with Gasteiger partial charge in [-0.3, -0.25) is 0 Å². The highest BCUT2D eigenvalue weighted by Crippen LogP contribution is 2.28. The molecule has 0 radical (unpaired) electrons. The molecule has 0 atom stereocenters. The van der Waals surface area contributed by atoms with E-state index < -0.39 is 0 Å². The smallest absolute Gasteiger partial charge is 0.216 e. The van der Waals surface area contributed by atoms with Crippen molar-refractivity contribution < 1.29 is 9.84 Å². The third-order valence-corrected chi connectivity index (χ3v) is 3.79. The van der Waals surface area contributed by atoms with Crippen molar-refractivity contribution in [2.75, 3.05) is 7.11 Å². The van der Waals surface area contributed by atoms with Crippen molar-refractivity contribution in [3.8, 4) is 22.9 Å². The number of benzene rings is 2. The summed E-state index contributed by atoms with van der Waals surface area (Å²) >= 11 is 5.24. The molecule has 2 aromatic carbocycles. The first kappa shape index (κ1) is 15.9. The highest BCUT2D eigenvalue weighted by molar-refractivity contribution is 7.71. The summed E-state index contributed by atoms with van der Waals surface area (Å²) in [5.74, 6) is 1.00. The van der Waals surface area contributed by atoms with Crippen molar-refractivity contribution in [3.05, 3.63) is 58.4 Å². The first-order valence-electron chi connectivity index (χ1n) is 7.25. The van der Waals surface area contributed by atoms with Gasteiger partial charge in [0.2, 0.25) is 4.77 Å². The van der Waals surface area contributed by atoms with E-state index in [1.807, 2.05) is 31.2 Å². The van der Waals surface area contributed by atoms with Crippen molar-refractivity contribution in [2.45, 2.75) is 6.92 Å². The van der Waals surface area contributed by atoms with E-state index >= 15 is 0 Å². The molecule has 3 rings (SSSR count). The summed E-state index contributed by atoms with van der Waals surface area (Å²) in [5, 5.41) is 21.4. The molecule has 24 heavy (non-hydrogen) atoms. The largest absolute Gasteiger partial charge is 0.504 e. The lowest BCUT2D eigenvalue weighted by molar-refractivity contribution is 0.373. The molecule has 0 aliphatic heterocycles. The number of nitrogens with one attached hydrogen (secondary N) is 1. The Kier molecular flexibility index (Phi) is 4.43. The third-order valence-electron chi connectivity index (χ3n) is 3.52. The van der Waals surface area contributed by atoms with Gasteiger partial charge in [0, 0.05) is 11.1 Å². The molecule has 0 saturated heterocycles. The zero-order valence-corrected chi connectivity index (χ0v) is 14.0. The molecule has 0 saturated carbocycles. The number of aromatic nitrogens is 3. The number of para-hydroxylation sites is 1. The van der Waals surface area contributed by atoms with Crippen LogP contribution in [0.25, 0.3) is 11.4 Å². The molecule has 1 heterocycles. The van der Waals surface area contributed by atoms with E-state index in [1.54, 1.807) is 18.2 Å². The lowest BCUT2D eigenvalue weighted by atomic mass is 10.1. The SMILES string of the molecule is COc1cccc(C=Nn2c(-c3ccc(C)cc3)n[nH]c2=S)c1O. The number of aryl methyl sites for hydroxylation is 1. The number of methoxy groups -OCH3 is 1. The molecule has 0 aliphatic rings. The van der Waals surface area contributed by atoms with Crippen LogP contribution in [0.2, 0.25) is 0 Å². The van der Waals surface area contributed by atoms with E-state index in [-0.39, 0.29) is 5.75 Å². The van der Waals surface area contributed by atoms with E-state index in [4.69, 9.17) is 17.0 Å². The maximum absolute atomic E-state index is 10.1. The average molecular weight is 340 g/mol. The first-order chi connectivity index (χ1) is 11.6. The molecule has 0 spiro atoms. The second-order valence-electron chi connectivity index (χ2n) is 5.17. The number of aromatic amines is 1. The second-order valence-corrected chi connectivity index (χ2v) is 5.56. The Morgan fingerprint density at radius 1 is 1.25 bits per heavy atom. The molecule has 0 unspecified atom stereocenters. The van der Waals surface area contributed by atoms with Gasteiger partial charge in [-0.05, 0) is 31.3 Å². The number of H-pyrrole nitrogens is 1. The second kappa shape index (κ2) is 6.67. The molecule has 6 nitrogen and oxygen atoms in total. The molecular weight excluding hydrogens is 324 g/mol. The van der Waals surface area contributed by atoms with Crippen LogP contribution >= 0.6 is 12.2 Å². The summed E-state index contributed by atoms with van der Waals surface area (Å²) in [5.41, 5.74) is 2.57. The van der Waals surface area contributed by atoms with Gasteiger partial charge in [-0.1, -0.05) is 35.9 Å². The van der Waals surface area contributed by atoms with Gasteiger partial charge in [-0.15, -0.1) is 0 Å². The number of hydrogen-bond donors (Lipinski definition) is 2. The minimum atomic E-state index is 0.0237. The quantitative estimate of drug-likeness (QED) is 0.563. The van der Waals surface area contributed by atoms with Crippen molar-refractivity contribution >= 4 is 18.4 Å². The van der Waals surface area contributed by atoms with Crippen LogP contribution in [0, 0.1) is 11.7 Å². The maximum Gasteiger partial charge on any atom is 0.216 e. The molecule has 2 N–H and O–H groups in total. The lowest BCUT2D eigenvalue weighted by Crippen LogP contribution is -1.96. The van der Waals surface area contributed by atoms with Crippen LogP contribution in [0.3, 0.4) is 0 Å². The average Bonchev–Trinajstić information content (AvgIpc) is 2.95. The minimum absolute atomic E-state index is 0.0237. The van der Waals surface area contributed by atoms with Crippen molar-refractivity contribution in [2.24, 2.45) is 5.10 Å². The highest BCUT2D eigenvalue weighted by Gasteiger charge is 2.09. The summed E-state index contributed by atoms with van der Waals surface area (Å²) in [6.45, 7) is 2.02. The van der Waals surface area contributed by atoms with Crippen molar-refractivity contribution in [1.29, 1.82) is 0 Å². The molecule has 122 valence electrons. The summed E-state index contributed by atoms with van der Waals surface area (Å²) in [6, 6.07) is 13.1. The van der Waals surface area contributed by atoms with Crippen LogP contribution in [0.15, 0.2) is 47.6 Å². The predicted molar refractivity (Wildman–Crippen MR) is 95.2 cm³/mol. The van der Waals surface area contributed by atoms with Crippen LogP contribution in [-0.4, -0.2) is 33.3 Å². The van der Waals surface area contributed by atoms with Gasteiger partial charge in [0.1, 0.15) is 0 Å². The summed E-state index contributed by atoms with van der Waals surface area (Å²) in [7, 11) is 1.50. The lowest BCUT2D eigenvalue weighted by Gasteiger charge is -2.05. The molecule has 0 bridgehead atoms. The standard InChI is InChI=1S/C17H16N4O2S/c1-11-6-8-12(9-7-11)16-19-20-17(24)21(16)18-10-13-4-3-5-14(23-2)15(13)22/h3-10,22H,1-2H3,(H,20,24). The summed E-state index contributed by atoms with van der Waals surface area (Å²) < 4.78 is 6.97. The van der Waals surface area contributed by atoms with Crippen LogP contribution < -0.4 is 4.74 Å². The number of ether oxygens (including phenoxy) is 1. The van der Waals surface area contributed by atoms with E-state index in [9.17, 15) is 5.11 Å². The summed E-state index contributed by atoms with van der Waals surface area (Å²) in [4.78, 5) is 0. The Morgan fingerprint density at radius 2 is 2.00 bits per heavy atom. The van der Waals surface area contributed by atoms with Gasteiger partial charge in [0.25, 0.3) is 0 Å². The Balaban J connectivity index is 2.01. The number of nitrogens with zero attached hydrogens (tertiary/aromatic N) is 3. The first-order valence-corrected chi connectivity index (χ1v) is 7.66. The number of hydrogen-bond acceptors (Lipinski definition) is 5. The number of aromatic hydroxyl groups is 1. The van der Waals surface area contributed by atoms with Gasteiger partial charge < -0.3 is 9.84 Å². The Labute approximate surface area is 144 Å². The van der Waals surface area contributed by atoms with E-state index in [1.165, 1.54) is 18.0 Å². The van der Waals surface area contributed by atoms with Gasteiger partial charge in [0.15, 0.2) is 17.3 Å². The van der Waals surface area contributed by atoms with Crippen LogP contribution in [0.5, 0.6) is 11.5 Å². The molecule has 0 fully saturated rings. The maximum atomic E-state index is 10.1. The zero-order chi connectivity index (χ0) is 17.1. The molecular formula is C17H16N4O2S. The van der Waals surface area contributed by atoms with E-state index in [2.05, 4.69) is 15.3 Å². The molecule has 0 amide bonds. The summed E-state index contributed by atoms with van der Waals surface area (Å²) in [6.07, 6.45) is 1.51. The van der Waals surface area contributed by atoms with Crippen LogP contribution in [-0.2, 0) is 0 Å². The number of phenols is 1. The van der Waals surface area contributed by atoms with E-state index in [0.29, 0.717) is 21.9 Å².